The monoisotopic (exact) mass is 351 g/mol. The molecule has 0 unspecified atom stereocenters. The van der Waals surface area contributed by atoms with Crippen LogP contribution in [0.15, 0.2) is 34.5 Å². The predicted molar refractivity (Wildman–Crippen MR) is 78.5 cm³/mol. The Kier molecular flexibility index (Phi) is 4.24. The standard InChI is InChI=1S/C11H7Cl2NO4S2/c12-6-2-1-3-7(13)9(6)14-20(17,18)8-4-5-19-10(8)11(15)16/h1-5,14H,(H,15,16). The molecule has 0 atom stereocenters. The number of para-hydroxylation sites is 1. The minimum absolute atomic E-state index is 0.0124. The third-order valence-corrected chi connectivity index (χ3v) is 5.37. The van der Waals surface area contributed by atoms with Crippen LogP contribution in [-0.2, 0) is 10.0 Å². The Labute approximate surface area is 128 Å². The van der Waals surface area contributed by atoms with Crippen molar-refractivity contribution in [1.82, 2.24) is 0 Å². The molecule has 5 nitrogen and oxygen atoms in total. The van der Waals surface area contributed by atoms with Gasteiger partial charge in [0.1, 0.15) is 9.77 Å². The van der Waals surface area contributed by atoms with Gasteiger partial charge >= 0.3 is 5.97 Å². The number of nitrogens with one attached hydrogen (secondary N) is 1. The summed E-state index contributed by atoms with van der Waals surface area (Å²) in [6.07, 6.45) is 0. The Balaban J connectivity index is 2.47. The molecule has 1 heterocycles. The van der Waals surface area contributed by atoms with Gasteiger partial charge in [-0.1, -0.05) is 29.3 Å². The van der Waals surface area contributed by atoms with Gasteiger partial charge in [-0.05, 0) is 23.6 Å². The average molecular weight is 352 g/mol. The molecule has 0 spiro atoms. The molecule has 9 heteroatoms. The molecule has 2 aromatic rings. The number of carbonyl (C=O) groups is 1. The lowest BCUT2D eigenvalue weighted by atomic mass is 10.3. The number of hydrogen-bond acceptors (Lipinski definition) is 4. The highest BCUT2D eigenvalue weighted by Crippen LogP contribution is 2.33. The van der Waals surface area contributed by atoms with E-state index in [1.165, 1.54) is 23.6 Å². The van der Waals surface area contributed by atoms with Gasteiger partial charge in [-0.15, -0.1) is 11.3 Å². The van der Waals surface area contributed by atoms with Crippen LogP contribution in [0.1, 0.15) is 9.67 Å². The summed E-state index contributed by atoms with van der Waals surface area (Å²) in [7, 11) is -4.08. The smallest absolute Gasteiger partial charge is 0.347 e. The van der Waals surface area contributed by atoms with E-state index in [2.05, 4.69) is 4.72 Å². The van der Waals surface area contributed by atoms with Gasteiger partial charge in [-0.2, -0.15) is 0 Å². The van der Waals surface area contributed by atoms with Crippen molar-refractivity contribution < 1.29 is 18.3 Å². The van der Waals surface area contributed by atoms with E-state index in [1.54, 1.807) is 6.07 Å². The second-order valence-electron chi connectivity index (χ2n) is 3.62. The van der Waals surface area contributed by atoms with Crippen LogP contribution in [0.5, 0.6) is 0 Å². The number of benzene rings is 1. The van der Waals surface area contributed by atoms with Crippen LogP contribution in [-0.4, -0.2) is 19.5 Å². The van der Waals surface area contributed by atoms with Crippen molar-refractivity contribution in [2.75, 3.05) is 4.72 Å². The maximum atomic E-state index is 12.2. The predicted octanol–water partition coefficient (Wildman–Crippen LogP) is 3.55. The summed E-state index contributed by atoms with van der Waals surface area (Å²) in [6.45, 7) is 0. The maximum Gasteiger partial charge on any atom is 0.347 e. The second kappa shape index (κ2) is 5.61. The summed E-state index contributed by atoms with van der Waals surface area (Å²) in [5, 5.41) is 10.6. The van der Waals surface area contributed by atoms with Crippen molar-refractivity contribution in [1.29, 1.82) is 0 Å². The van der Waals surface area contributed by atoms with Crippen LogP contribution in [0.2, 0.25) is 10.0 Å². The van der Waals surface area contributed by atoms with E-state index in [1.807, 2.05) is 0 Å². The first-order chi connectivity index (χ1) is 9.33. The zero-order chi connectivity index (χ0) is 14.9. The average Bonchev–Trinajstić information content (AvgIpc) is 2.84. The highest BCUT2D eigenvalue weighted by atomic mass is 35.5. The Morgan fingerprint density at radius 2 is 1.80 bits per heavy atom. The molecule has 0 aliphatic rings. The molecule has 0 fully saturated rings. The lowest BCUT2D eigenvalue weighted by Gasteiger charge is -2.10. The zero-order valence-corrected chi connectivity index (χ0v) is 12.8. The lowest BCUT2D eigenvalue weighted by Crippen LogP contribution is -2.15. The Bertz CT molecular complexity index is 750. The van der Waals surface area contributed by atoms with E-state index < -0.39 is 16.0 Å². The van der Waals surface area contributed by atoms with Gasteiger partial charge in [0.2, 0.25) is 0 Å². The van der Waals surface area contributed by atoms with E-state index in [9.17, 15) is 13.2 Å². The van der Waals surface area contributed by atoms with Crippen molar-refractivity contribution in [2.24, 2.45) is 0 Å². The Morgan fingerprint density at radius 1 is 1.20 bits per heavy atom. The van der Waals surface area contributed by atoms with Crippen LogP contribution in [0.4, 0.5) is 5.69 Å². The molecular formula is C11H7Cl2NO4S2. The van der Waals surface area contributed by atoms with Crippen LogP contribution in [0.3, 0.4) is 0 Å². The summed E-state index contributed by atoms with van der Waals surface area (Å²) in [6, 6.07) is 5.71. The van der Waals surface area contributed by atoms with Gasteiger partial charge in [-0.3, -0.25) is 4.72 Å². The summed E-state index contributed by atoms with van der Waals surface area (Å²) < 4.78 is 26.6. The van der Waals surface area contributed by atoms with E-state index in [4.69, 9.17) is 28.3 Å². The summed E-state index contributed by atoms with van der Waals surface area (Å²) in [5.74, 6) is -1.31. The van der Waals surface area contributed by atoms with Gasteiger partial charge in [0.15, 0.2) is 0 Å². The van der Waals surface area contributed by atoms with Crippen LogP contribution < -0.4 is 4.72 Å². The van der Waals surface area contributed by atoms with Gasteiger partial charge < -0.3 is 5.11 Å². The Hall–Kier alpha value is -1.28. The molecule has 2 N–H and O–H groups in total. The lowest BCUT2D eigenvalue weighted by molar-refractivity contribution is 0.0698. The SMILES string of the molecule is O=C(O)c1sccc1S(=O)(=O)Nc1c(Cl)cccc1Cl. The van der Waals surface area contributed by atoms with Crippen molar-refractivity contribution >= 4 is 56.2 Å². The van der Waals surface area contributed by atoms with Crippen LogP contribution in [0, 0.1) is 0 Å². The number of aromatic carboxylic acids is 1. The van der Waals surface area contributed by atoms with E-state index in [0.717, 1.165) is 11.3 Å². The molecule has 2 rings (SSSR count). The maximum absolute atomic E-state index is 12.2. The highest BCUT2D eigenvalue weighted by Gasteiger charge is 2.25. The van der Waals surface area contributed by atoms with Crippen LogP contribution >= 0.6 is 34.5 Å². The van der Waals surface area contributed by atoms with Crippen molar-refractivity contribution in [3.63, 3.8) is 0 Å². The van der Waals surface area contributed by atoms with Gasteiger partial charge in [-0.25, -0.2) is 13.2 Å². The number of halogens is 2. The third-order valence-electron chi connectivity index (χ3n) is 2.31. The fourth-order valence-electron chi connectivity index (χ4n) is 1.45. The third kappa shape index (κ3) is 2.90. The molecule has 0 saturated carbocycles. The fraction of sp³-hybridized carbons (Fsp3) is 0. The summed E-state index contributed by atoms with van der Waals surface area (Å²) in [5.41, 5.74) is 0.0124. The number of thiophene rings is 1. The Morgan fingerprint density at radius 3 is 2.35 bits per heavy atom. The van der Waals surface area contributed by atoms with E-state index in [-0.39, 0.29) is 25.5 Å². The van der Waals surface area contributed by atoms with E-state index in [0.29, 0.717) is 0 Å². The zero-order valence-electron chi connectivity index (χ0n) is 9.63. The molecule has 0 aliphatic carbocycles. The first-order valence-corrected chi connectivity index (χ1v) is 8.22. The topological polar surface area (TPSA) is 83.5 Å². The quantitative estimate of drug-likeness (QED) is 0.881. The van der Waals surface area contributed by atoms with Gasteiger partial charge in [0.05, 0.1) is 15.7 Å². The van der Waals surface area contributed by atoms with Crippen molar-refractivity contribution in [3.05, 3.63) is 44.6 Å². The second-order valence-corrected chi connectivity index (χ2v) is 7.00. The van der Waals surface area contributed by atoms with Gasteiger partial charge in [0.25, 0.3) is 10.0 Å². The van der Waals surface area contributed by atoms with Crippen molar-refractivity contribution in [2.45, 2.75) is 4.90 Å². The summed E-state index contributed by atoms with van der Waals surface area (Å²) >= 11 is 12.6. The molecular weight excluding hydrogens is 345 g/mol. The number of anilines is 1. The summed E-state index contributed by atoms with van der Waals surface area (Å²) in [4.78, 5) is 10.4. The number of rotatable bonds is 4. The molecule has 106 valence electrons. The molecule has 0 saturated heterocycles. The normalized spacial score (nSPS) is 11.3. The number of sulfonamides is 1. The molecule has 1 aromatic heterocycles. The minimum Gasteiger partial charge on any atom is -0.477 e. The number of hydrogen-bond donors (Lipinski definition) is 2. The molecule has 1 aromatic carbocycles. The van der Waals surface area contributed by atoms with Gasteiger partial charge in [0, 0.05) is 0 Å². The fourth-order valence-corrected chi connectivity index (χ4v) is 4.42. The highest BCUT2D eigenvalue weighted by molar-refractivity contribution is 7.93. The molecule has 0 amide bonds. The van der Waals surface area contributed by atoms with E-state index >= 15 is 0 Å². The van der Waals surface area contributed by atoms with Crippen LogP contribution in [0.25, 0.3) is 0 Å². The first kappa shape index (κ1) is 15.1. The number of carboxylic acids is 1. The minimum atomic E-state index is -4.08. The molecule has 0 aliphatic heterocycles. The molecule has 20 heavy (non-hydrogen) atoms. The molecule has 0 bridgehead atoms. The molecule has 0 radical (unpaired) electrons. The largest absolute Gasteiger partial charge is 0.477 e. The van der Waals surface area contributed by atoms with Crippen molar-refractivity contribution in [3.8, 4) is 0 Å². The number of carboxylic acid groups (broad SMARTS) is 1. The first-order valence-electron chi connectivity index (χ1n) is 5.10.